The number of aryl methyl sites for hydroxylation is 1. The van der Waals surface area contributed by atoms with Crippen LogP contribution in [0.5, 0.6) is 0 Å². The highest BCUT2D eigenvalue weighted by Gasteiger charge is 2.13. The fraction of sp³-hybridized carbons (Fsp3) is 0.150. The van der Waals surface area contributed by atoms with Gasteiger partial charge >= 0.3 is 11.6 Å². The number of carbonyl (C=O) groups excluding carboxylic acids is 1. The summed E-state index contributed by atoms with van der Waals surface area (Å²) in [6.07, 6.45) is 0. The molecule has 2 aromatic carbocycles. The average molecular weight is 416 g/mol. The SMILES string of the molecule is Cc1cc2oc(=O)cc(COC(=O)CSc3nc4ccccc4o3)c2cc1Cl. The Morgan fingerprint density at radius 2 is 2.00 bits per heavy atom. The van der Waals surface area contributed by atoms with Crippen molar-refractivity contribution in [3.8, 4) is 0 Å². The van der Waals surface area contributed by atoms with Crippen molar-refractivity contribution in [2.24, 2.45) is 0 Å². The highest BCUT2D eigenvalue weighted by molar-refractivity contribution is 7.99. The summed E-state index contributed by atoms with van der Waals surface area (Å²) in [5, 5.41) is 1.57. The lowest BCUT2D eigenvalue weighted by molar-refractivity contribution is -0.141. The zero-order valence-corrected chi connectivity index (χ0v) is 16.3. The molecule has 4 aromatic rings. The molecule has 0 fully saturated rings. The average Bonchev–Trinajstić information content (AvgIpc) is 3.09. The van der Waals surface area contributed by atoms with E-state index in [9.17, 15) is 9.59 Å². The predicted molar refractivity (Wildman–Crippen MR) is 107 cm³/mol. The van der Waals surface area contributed by atoms with E-state index in [1.54, 1.807) is 12.1 Å². The molecule has 0 aliphatic carbocycles. The summed E-state index contributed by atoms with van der Waals surface area (Å²) in [6.45, 7) is 1.76. The van der Waals surface area contributed by atoms with Crippen LogP contribution in [0.2, 0.25) is 5.02 Å². The Hall–Kier alpha value is -2.77. The second-order valence-electron chi connectivity index (χ2n) is 6.09. The van der Waals surface area contributed by atoms with E-state index in [1.165, 1.54) is 6.07 Å². The molecule has 142 valence electrons. The predicted octanol–water partition coefficient (Wildman–Crippen LogP) is 4.73. The molecular formula is C20H14ClNO5S. The van der Waals surface area contributed by atoms with Gasteiger partial charge in [-0.15, -0.1) is 0 Å². The van der Waals surface area contributed by atoms with E-state index in [0.717, 1.165) is 22.8 Å². The maximum atomic E-state index is 12.1. The number of oxazole rings is 1. The third kappa shape index (κ3) is 3.90. The number of carbonyl (C=O) groups is 1. The van der Waals surface area contributed by atoms with Crippen LogP contribution in [0.15, 0.2) is 61.3 Å². The lowest BCUT2D eigenvalue weighted by Crippen LogP contribution is -2.09. The topological polar surface area (TPSA) is 82.5 Å². The lowest BCUT2D eigenvalue weighted by atomic mass is 10.1. The van der Waals surface area contributed by atoms with Gasteiger partial charge in [0.1, 0.15) is 23.5 Å². The highest BCUT2D eigenvalue weighted by Crippen LogP contribution is 2.26. The van der Waals surface area contributed by atoms with E-state index < -0.39 is 11.6 Å². The van der Waals surface area contributed by atoms with Gasteiger partial charge in [-0.25, -0.2) is 9.78 Å². The first-order valence-electron chi connectivity index (χ1n) is 8.36. The second kappa shape index (κ2) is 7.69. The van der Waals surface area contributed by atoms with Crippen LogP contribution in [-0.2, 0) is 16.1 Å². The van der Waals surface area contributed by atoms with Crippen LogP contribution in [0.4, 0.5) is 0 Å². The first kappa shape index (κ1) is 18.6. The molecular weight excluding hydrogens is 402 g/mol. The number of ether oxygens (including phenoxy) is 1. The van der Waals surface area contributed by atoms with Crippen LogP contribution in [0, 0.1) is 6.92 Å². The monoisotopic (exact) mass is 415 g/mol. The third-order valence-corrected chi connectivity index (χ3v) is 5.29. The van der Waals surface area contributed by atoms with Gasteiger partial charge in [-0.05, 0) is 36.8 Å². The Morgan fingerprint density at radius 1 is 1.18 bits per heavy atom. The molecule has 0 spiro atoms. The zero-order chi connectivity index (χ0) is 19.7. The van der Waals surface area contributed by atoms with Crippen molar-refractivity contribution in [3.05, 3.63) is 69.0 Å². The molecule has 4 rings (SSSR count). The summed E-state index contributed by atoms with van der Waals surface area (Å²) >= 11 is 7.31. The summed E-state index contributed by atoms with van der Waals surface area (Å²) in [7, 11) is 0. The first-order chi connectivity index (χ1) is 13.5. The smallest absolute Gasteiger partial charge is 0.336 e. The van der Waals surface area contributed by atoms with Gasteiger partial charge in [0, 0.05) is 22.0 Å². The fourth-order valence-electron chi connectivity index (χ4n) is 2.70. The van der Waals surface area contributed by atoms with Gasteiger partial charge in [0.05, 0.1) is 0 Å². The summed E-state index contributed by atoms with van der Waals surface area (Å²) in [5.41, 5.74) is 2.61. The number of benzene rings is 2. The second-order valence-corrected chi connectivity index (χ2v) is 7.42. The standard InChI is InChI=1S/C20H14ClNO5S/c1-11-6-17-13(8-14(11)21)12(7-18(23)26-17)9-25-19(24)10-28-20-22-15-4-2-3-5-16(15)27-20/h2-8H,9-10H2,1H3. The van der Waals surface area contributed by atoms with Crippen LogP contribution >= 0.6 is 23.4 Å². The molecule has 0 saturated carbocycles. The van der Waals surface area contributed by atoms with Crippen molar-refractivity contribution in [2.75, 3.05) is 5.75 Å². The van der Waals surface area contributed by atoms with Crippen LogP contribution in [0.3, 0.4) is 0 Å². The number of halogens is 1. The van der Waals surface area contributed by atoms with Gasteiger partial charge in [0.15, 0.2) is 5.58 Å². The maximum absolute atomic E-state index is 12.1. The quantitative estimate of drug-likeness (QED) is 0.264. The molecule has 0 radical (unpaired) electrons. The summed E-state index contributed by atoms with van der Waals surface area (Å²) < 4.78 is 16.1. The van der Waals surface area contributed by atoms with Crippen molar-refractivity contribution in [3.63, 3.8) is 0 Å². The normalized spacial score (nSPS) is 11.2. The Labute approximate surface area is 168 Å². The van der Waals surface area contributed by atoms with Crippen LogP contribution in [0.1, 0.15) is 11.1 Å². The van der Waals surface area contributed by atoms with Gasteiger partial charge in [-0.3, -0.25) is 4.79 Å². The van der Waals surface area contributed by atoms with Gasteiger partial charge in [0.2, 0.25) is 0 Å². The number of aromatic nitrogens is 1. The Kier molecular flexibility index (Phi) is 5.11. The van der Waals surface area contributed by atoms with E-state index >= 15 is 0 Å². The minimum absolute atomic E-state index is 0.0338. The minimum atomic E-state index is -0.513. The van der Waals surface area contributed by atoms with Gasteiger partial charge in [0.25, 0.3) is 5.22 Å². The molecule has 6 nitrogen and oxygen atoms in total. The number of hydrogen-bond acceptors (Lipinski definition) is 7. The van der Waals surface area contributed by atoms with Gasteiger partial charge in [-0.2, -0.15) is 0 Å². The number of para-hydroxylation sites is 2. The van der Waals surface area contributed by atoms with Crippen molar-refractivity contribution < 1.29 is 18.4 Å². The molecule has 0 N–H and O–H groups in total. The van der Waals surface area contributed by atoms with Crippen molar-refractivity contribution in [2.45, 2.75) is 18.8 Å². The number of hydrogen-bond donors (Lipinski definition) is 0. The number of rotatable bonds is 5. The van der Waals surface area contributed by atoms with E-state index in [4.69, 9.17) is 25.2 Å². The van der Waals surface area contributed by atoms with E-state index in [0.29, 0.717) is 32.4 Å². The van der Waals surface area contributed by atoms with E-state index in [1.807, 2.05) is 31.2 Å². The van der Waals surface area contributed by atoms with Crippen molar-refractivity contribution in [1.29, 1.82) is 0 Å². The lowest BCUT2D eigenvalue weighted by Gasteiger charge is -2.08. The number of esters is 1. The number of thioether (sulfide) groups is 1. The molecule has 0 unspecified atom stereocenters. The molecule has 2 heterocycles. The first-order valence-corrected chi connectivity index (χ1v) is 9.73. The zero-order valence-electron chi connectivity index (χ0n) is 14.7. The van der Waals surface area contributed by atoms with Crippen molar-refractivity contribution in [1.82, 2.24) is 4.98 Å². The Balaban J connectivity index is 1.44. The summed E-state index contributed by atoms with van der Waals surface area (Å²) in [6, 6.07) is 12.0. The molecule has 0 amide bonds. The fourth-order valence-corrected chi connectivity index (χ4v) is 3.50. The van der Waals surface area contributed by atoms with Crippen LogP contribution < -0.4 is 5.63 Å². The summed E-state index contributed by atoms with van der Waals surface area (Å²) in [4.78, 5) is 28.2. The molecule has 0 atom stereocenters. The summed E-state index contributed by atoms with van der Waals surface area (Å²) in [5.74, 6) is -0.418. The molecule has 8 heteroatoms. The molecule has 28 heavy (non-hydrogen) atoms. The van der Waals surface area contributed by atoms with Gasteiger partial charge in [-0.1, -0.05) is 35.5 Å². The maximum Gasteiger partial charge on any atom is 0.336 e. The van der Waals surface area contributed by atoms with Gasteiger partial charge < -0.3 is 13.6 Å². The molecule has 0 aliphatic rings. The number of fused-ring (bicyclic) bond motifs is 2. The molecule has 2 aromatic heterocycles. The van der Waals surface area contributed by atoms with Crippen molar-refractivity contribution >= 4 is 51.4 Å². The molecule has 0 aliphatic heterocycles. The largest absolute Gasteiger partial charge is 0.460 e. The molecule has 0 saturated heterocycles. The molecule has 0 bridgehead atoms. The van der Waals surface area contributed by atoms with E-state index in [-0.39, 0.29) is 12.4 Å². The minimum Gasteiger partial charge on any atom is -0.460 e. The Morgan fingerprint density at radius 3 is 2.82 bits per heavy atom. The van der Waals surface area contributed by atoms with Crippen LogP contribution in [0.25, 0.3) is 22.1 Å². The van der Waals surface area contributed by atoms with Crippen LogP contribution in [-0.4, -0.2) is 16.7 Å². The third-order valence-electron chi connectivity index (χ3n) is 4.09. The Bertz CT molecular complexity index is 1210. The van der Waals surface area contributed by atoms with E-state index in [2.05, 4.69) is 4.98 Å². The highest BCUT2D eigenvalue weighted by atomic mass is 35.5. The number of nitrogens with zero attached hydrogens (tertiary/aromatic N) is 1.